The Kier molecular flexibility index (Phi) is 4.49. The van der Waals surface area contributed by atoms with E-state index in [9.17, 15) is 5.26 Å². The van der Waals surface area contributed by atoms with Crippen molar-refractivity contribution in [1.29, 1.82) is 5.26 Å². The molecule has 2 aromatic rings. The molecule has 0 aromatic heterocycles. The van der Waals surface area contributed by atoms with E-state index in [0.29, 0.717) is 6.42 Å². The van der Waals surface area contributed by atoms with Crippen molar-refractivity contribution in [2.45, 2.75) is 18.8 Å². The van der Waals surface area contributed by atoms with Crippen LogP contribution in [0, 0.1) is 11.3 Å². The lowest BCUT2D eigenvalue weighted by atomic mass is 9.78. The van der Waals surface area contributed by atoms with E-state index in [1.165, 1.54) is 0 Å². The lowest BCUT2D eigenvalue weighted by Gasteiger charge is -2.23. The summed E-state index contributed by atoms with van der Waals surface area (Å²) in [6.45, 7) is 1.95. The molecule has 0 fully saturated rings. The van der Waals surface area contributed by atoms with Crippen LogP contribution in [0.3, 0.4) is 0 Å². The van der Waals surface area contributed by atoms with Crippen molar-refractivity contribution in [3.8, 4) is 17.6 Å². The third-order valence-electron chi connectivity index (χ3n) is 3.70. The van der Waals surface area contributed by atoms with E-state index in [1.54, 1.807) is 14.2 Å². The van der Waals surface area contributed by atoms with Gasteiger partial charge in [-0.25, -0.2) is 0 Å². The molecule has 0 saturated heterocycles. The van der Waals surface area contributed by atoms with Gasteiger partial charge in [-0.15, -0.1) is 0 Å². The fourth-order valence-electron chi connectivity index (χ4n) is 2.39. The van der Waals surface area contributed by atoms with E-state index in [4.69, 9.17) is 9.47 Å². The van der Waals surface area contributed by atoms with E-state index in [-0.39, 0.29) is 0 Å². The Morgan fingerprint density at radius 3 is 2.33 bits per heavy atom. The zero-order valence-electron chi connectivity index (χ0n) is 12.6. The highest BCUT2D eigenvalue weighted by Gasteiger charge is 2.28. The predicted octanol–water partition coefficient (Wildman–Crippen LogP) is 3.73. The Morgan fingerprint density at radius 2 is 1.76 bits per heavy atom. The van der Waals surface area contributed by atoms with Crippen LogP contribution in [0.5, 0.6) is 11.5 Å². The van der Waals surface area contributed by atoms with Gasteiger partial charge in [0.15, 0.2) is 0 Å². The van der Waals surface area contributed by atoms with Gasteiger partial charge in [-0.3, -0.25) is 0 Å². The first kappa shape index (κ1) is 14.9. The molecule has 2 aromatic carbocycles. The van der Waals surface area contributed by atoms with Gasteiger partial charge in [-0.05, 0) is 30.5 Å². The summed E-state index contributed by atoms with van der Waals surface area (Å²) in [6.07, 6.45) is 0.584. The van der Waals surface area contributed by atoms with Gasteiger partial charge in [-0.1, -0.05) is 36.4 Å². The number of nitriles is 1. The molecule has 0 saturated carbocycles. The molecular weight excluding hydrogens is 262 g/mol. The molecule has 0 N–H and O–H groups in total. The van der Waals surface area contributed by atoms with Crippen molar-refractivity contribution >= 4 is 0 Å². The average Bonchev–Trinajstić information content (AvgIpc) is 2.55. The minimum atomic E-state index is -0.594. The van der Waals surface area contributed by atoms with Crippen molar-refractivity contribution in [1.82, 2.24) is 0 Å². The van der Waals surface area contributed by atoms with Gasteiger partial charge in [0.2, 0.25) is 0 Å². The van der Waals surface area contributed by atoms with E-state index in [0.717, 1.165) is 22.6 Å². The molecule has 2 rings (SSSR count). The largest absolute Gasteiger partial charge is 0.497 e. The molecule has 0 amide bonds. The first-order chi connectivity index (χ1) is 10.1. The van der Waals surface area contributed by atoms with Gasteiger partial charge < -0.3 is 9.47 Å². The topological polar surface area (TPSA) is 42.2 Å². The van der Waals surface area contributed by atoms with Crippen molar-refractivity contribution < 1.29 is 9.47 Å². The van der Waals surface area contributed by atoms with E-state index < -0.39 is 5.41 Å². The maximum Gasteiger partial charge on any atom is 0.125 e. The molecule has 0 heterocycles. The van der Waals surface area contributed by atoms with Crippen molar-refractivity contribution in [3.63, 3.8) is 0 Å². The zero-order chi connectivity index (χ0) is 15.3. The summed E-state index contributed by atoms with van der Waals surface area (Å²) in [5.41, 5.74) is 1.40. The molecule has 1 atom stereocenters. The Morgan fingerprint density at radius 1 is 1.05 bits per heavy atom. The normalized spacial score (nSPS) is 13.0. The number of benzene rings is 2. The van der Waals surface area contributed by atoms with Crippen molar-refractivity contribution in [3.05, 3.63) is 59.7 Å². The number of methoxy groups -OCH3 is 2. The van der Waals surface area contributed by atoms with Gasteiger partial charge in [0.25, 0.3) is 0 Å². The molecule has 3 nitrogen and oxygen atoms in total. The molecule has 0 aliphatic carbocycles. The Hall–Kier alpha value is -2.47. The Bertz CT molecular complexity index is 646. The summed E-state index contributed by atoms with van der Waals surface area (Å²) in [7, 11) is 3.25. The highest BCUT2D eigenvalue weighted by Crippen LogP contribution is 2.33. The molecule has 0 spiro atoms. The van der Waals surface area contributed by atoms with Gasteiger partial charge in [0, 0.05) is 6.07 Å². The fourth-order valence-corrected chi connectivity index (χ4v) is 2.39. The molecule has 21 heavy (non-hydrogen) atoms. The van der Waals surface area contributed by atoms with Crippen LogP contribution in [0.4, 0.5) is 0 Å². The van der Waals surface area contributed by atoms with Crippen molar-refractivity contribution in [2.75, 3.05) is 14.2 Å². The van der Waals surface area contributed by atoms with Crippen LogP contribution in [0.1, 0.15) is 18.1 Å². The molecule has 1 unspecified atom stereocenters. The third-order valence-corrected chi connectivity index (χ3v) is 3.70. The van der Waals surface area contributed by atoms with Crippen LogP contribution in [0.15, 0.2) is 48.5 Å². The standard InChI is InChI=1S/C18H19NO2/c1-18(13-19,15-7-5-4-6-8-15)12-14-9-10-16(20-2)11-17(14)21-3/h4-11H,12H2,1-3H3. The highest BCUT2D eigenvalue weighted by molar-refractivity contribution is 5.44. The number of hydrogen-bond acceptors (Lipinski definition) is 3. The van der Waals surface area contributed by atoms with Gasteiger partial charge in [0.05, 0.1) is 25.7 Å². The Labute approximate surface area is 125 Å². The van der Waals surface area contributed by atoms with Gasteiger partial charge in [-0.2, -0.15) is 5.26 Å². The summed E-state index contributed by atoms with van der Waals surface area (Å²) >= 11 is 0. The molecule has 0 aliphatic rings. The number of rotatable bonds is 5. The van der Waals surface area contributed by atoms with Gasteiger partial charge >= 0.3 is 0 Å². The molecule has 3 heteroatoms. The summed E-state index contributed by atoms with van der Waals surface area (Å²) in [5, 5.41) is 9.65. The minimum Gasteiger partial charge on any atom is -0.497 e. The monoisotopic (exact) mass is 281 g/mol. The van der Waals surface area contributed by atoms with Crippen LogP contribution < -0.4 is 9.47 Å². The van der Waals surface area contributed by atoms with Crippen LogP contribution in [0.2, 0.25) is 0 Å². The molecule has 0 bridgehead atoms. The zero-order valence-corrected chi connectivity index (χ0v) is 12.6. The first-order valence-electron chi connectivity index (χ1n) is 6.80. The van der Waals surface area contributed by atoms with Crippen LogP contribution in [-0.4, -0.2) is 14.2 Å². The highest BCUT2D eigenvalue weighted by atomic mass is 16.5. The number of ether oxygens (including phenoxy) is 2. The minimum absolute atomic E-state index is 0.584. The molecular formula is C18H19NO2. The molecule has 0 radical (unpaired) electrons. The van der Waals surface area contributed by atoms with Crippen LogP contribution >= 0.6 is 0 Å². The summed E-state index contributed by atoms with van der Waals surface area (Å²) in [4.78, 5) is 0. The first-order valence-corrected chi connectivity index (χ1v) is 6.80. The average molecular weight is 281 g/mol. The fraction of sp³-hybridized carbons (Fsp3) is 0.278. The maximum absolute atomic E-state index is 9.65. The lowest BCUT2D eigenvalue weighted by Crippen LogP contribution is -2.23. The van der Waals surface area contributed by atoms with Crippen molar-refractivity contribution in [2.24, 2.45) is 0 Å². The number of nitrogens with zero attached hydrogens (tertiary/aromatic N) is 1. The van der Waals surface area contributed by atoms with Crippen LogP contribution in [0.25, 0.3) is 0 Å². The Balaban J connectivity index is 2.38. The predicted molar refractivity (Wildman–Crippen MR) is 82.7 cm³/mol. The maximum atomic E-state index is 9.65. The van der Waals surface area contributed by atoms with E-state index >= 15 is 0 Å². The second-order valence-corrected chi connectivity index (χ2v) is 5.16. The second kappa shape index (κ2) is 6.32. The third kappa shape index (κ3) is 3.17. The summed E-state index contributed by atoms with van der Waals surface area (Å²) < 4.78 is 10.6. The molecule has 0 aliphatic heterocycles. The van der Waals surface area contributed by atoms with Crippen LogP contribution in [-0.2, 0) is 11.8 Å². The van der Waals surface area contributed by atoms with E-state index in [1.807, 2.05) is 55.5 Å². The lowest BCUT2D eigenvalue weighted by molar-refractivity contribution is 0.388. The second-order valence-electron chi connectivity index (χ2n) is 5.16. The summed E-state index contributed by atoms with van der Waals surface area (Å²) in [6, 6.07) is 18.0. The summed E-state index contributed by atoms with van der Waals surface area (Å²) in [5.74, 6) is 1.49. The quantitative estimate of drug-likeness (QED) is 0.838. The van der Waals surface area contributed by atoms with E-state index in [2.05, 4.69) is 6.07 Å². The SMILES string of the molecule is COc1ccc(CC(C)(C#N)c2ccccc2)c(OC)c1. The van der Waals surface area contributed by atoms with Gasteiger partial charge in [0.1, 0.15) is 11.5 Å². The smallest absolute Gasteiger partial charge is 0.125 e. The molecule has 108 valence electrons. The number of hydrogen-bond donors (Lipinski definition) is 0.